The van der Waals surface area contributed by atoms with Crippen LogP contribution in [0, 0.1) is 13.8 Å². The van der Waals surface area contributed by atoms with E-state index in [1.165, 1.54) is 22.2 Å². The van der Waals surface area contributed by atoms with Crippen LogP contribution in [0.1, 0.15) is 16.7 Å². The Labute approximate surface area is 123 Å². The molecule has 0 spiro atoms. The number of imidazole rings is 2. The van der Waals surface area contributed by atoms with Gasteiger partial charge in [-0.2, -0.15) is 0 Å². The van der Waals surface area contributed by atoms with Crippen LogP contribution in [0.3, 0.4) is 0 Å². The van der Waals surface area contributed by atoms with Gasteiger partial charge >= 0.3 is 0 Å². The van der Waals surface area contributed by atoms with Gasteiger partial charge in [-0.3, -0.25) is 4.40 Å². The van der Waals surface area contributed by atoms with Crippen molar-refractivity contribution in [3.05, 3.63) is 71.5 Å². The van der Waals surface area contributed by atoms with Gasteiger partial charge in [0.15, 0.2) is 0 Å². The molecule has 0 saturated heterocycles. The third-order valence-electron chi connectivity index (χ3n) is 3.96. The summed E-state index contributed by atoms with van der Waals surface area (Å²) >= 11 is 0. The third-order valence-corrected chi connectivity index (χ3v) is 3.96. The van der Waals surface area contributed by atoms with E-state index in [0.29, 0.717) is 0 Å². The topological polar surface area (TPSA) is 22.2 Å². The molecule has 0 radical (unpaired) electrons. The van der Waals surface area contributed by atoms with Crippen molar-refractivity contribution in [2.45, 2.75) is 20.4 Å². The highest BCUT2D eigenvalue weighted by atomic mass is 15.2. The average Bonchev–Trinajstić information content (AvgIpc) is 3.01. The molecule has 0 bridgehead atoms. The molecule has 2 heterocycles. The fourth-order valence-corrected chi connectivity index (χ4v) is 3.00. The molecule has 4 aromatic rings. The van der Waals surface area contributed by atoms with E-state index in [2.05, 4.69) is 71.6 Å². The number of hydrogen-bond acceptors (Lipinski definition) is 1. The molecule has 3 nitrogen and oxygen atoms in total. The van der Waals surface area contributed by atoms with Crippen molar-refractivity contribution in [2.24, 2.45) is 0 Å². The van der Waals surface area contributed by atoms with Crippen LogP contribution in [0.25, 0.3) is 16.8 Å². The molecule has 0 aliphatic carbocycles. The molecule has 0 aliphatic rings. The number of nitrogens with zero attached hydrogens (tertiary/aromatic N) is 3. The van der Waals surface area contributed by atoms with Crippen molar-refractivity contribution in [2.75, 3.05) is 0 Å². The lowest BCUT2D eigenvalue weighted by Crippen LogP contribution is -1.98. The smallest absolute Gasteiger partial charge is 0.215 e. The fraction of sp³-hybridized carbons (Fsp3) is 0.167. The summed E-state index contributed by atoms with van der Waals surface area (Å²) in [5.74, 6) is 1.00. The highest BCUT2D eigenvalue weighted by Gasteiger charge is 2.11. The fourth-order valence-electron chi connectivity index (χ4n) is 3.00. The van der Waals surface area contributed by atoms with Crippen LogP contribution in [-0.4, -0.2) is 14.0 Å². The van der Waals surface area contributed by atoms with Gasteiger partial charge in [-0.1, -0.05) is 36.4 Å². The molecule has 0 amide bonds. The number of aryl methyl sites for hydroxylation is 2. The summed E-state index contributed by atoms with van der Waals surface area (Å²) in [7, 11) is 0. The predicted octanol–water partition coefficient (Wildman–Crippen LogP) is 3.95. The van der Waals surface area contributed by atoms with Crippen LogP contribution in [-0.2, 0) is 6.54 Å². The van der Waals surface area contributed by atoms with Crippen LogP contribution in [0.4, 0.5) is 0 Å². The minimum Gasteiger partial charge on any atom is -0.312 e. The standard InChI is InChI=1S/C18H17N3/c1-13-10-14(2)17-16(11-13)21-9-8-20(18(21)19-17)12-15-6-4-3-5-7-15/h3-11H,12H2,1-2H3. The Hall–Kier alpha value is -2.55. The van der Waals surface area contributed by atoms with Gasteiger partial charge in [-0.05, 0) is 36.6 Å². The molecule has 21 heavy (non-hydrogen) atoms. The lowest BCUT2D eigenvalue weighted by molar-refractivity contribution is 0.820. The Balaban J connectivity index is 1.90. The van der Waals surface area contributed by atoms with Crippen LogP contribution in [0.15, 0.2) is 54.9 Å². The second kappa shape index (κ2) is 4.48. The van der Waals surface area contributed by atoms with Gasteiger partial charge < -0.3 is 4.57 Å². The van der Waals surface area contributed by atoms with Gasteiger partial charge in [0, 0.05) is 12.4 Å². The Bertz CT molecular complexity index is 929. The van der Waals surface area contributed by atoms with E-state index in [-0.39, 0.29) is 0 Å². The van der Waals surface area contributed by atoms with Crippen molar-refractivity contribution >= 4 is 16.8 Å². The molecule has 0 saturated carbocycles. The molecule has 0 atom stereocenters. The van der Waals surface area contributed by atoms with Crippen LogP contribution in [0.2, 0.25) is 0 Å². The average molecular weight is 275 g/mol. The number of benzene rings is 2. The summed E-state index contributed by atoms with van der Waals surface area (Å²) in [6.07, 6.45) is 4.21. The van der Waals surface area contributed by atoms with Crippen LogP contribution < -0.4 is 0 Å². The van der Waals surface area contributed by atoms with Gasteiger partial charge in [0.05, 0.1) is 17.6 Å². The Kier molecular flexibility index (Phi) is 2.61. The first-order valence-electron chi connectivity index (χ1n) is 7.20. The minimum absolute atomic E-state index is 0.846. The summed E-state index contributed by atoms with van der Waals surface area (Å²) in [6, 6.07) is 14.9. The van der Waals surface area contributed by atoms with E-state index in [9.17, 15) is 0 Å². The maximum absolute atomic E-state index is 4.84. The highest BCUT2D eigenvalue weighted by Crippen LogP contribution is 2.22. The maximum Gasteiger partial charge on any atom is 0.215 e. The second-order valence-electron chi connectivity index (χ2n) is 5.64. The van der Waals surface area contributed by atoms with Gasteiger partial charge in [0.25, 0.3) is 0 Å². The SMILES string of the molecule is Cc1cc(C)c2nc3n(Cc4ccccc4)ccn3c2c1. The van der Waals surface area contributed by atoms with E-state index in [0.717, 1.165) is 17.8 Å². The first kappa shape index (κ1) is 12.2. The van der Waals surface area contributed by atoms with E-state index < -0.39 is 0 Å². The molecular formula is C18H17N3. The Morgan fingerprint density at radius 2 is 1.81 bits per heavy atom. The van der Waals surface area contributed by atoms with E-state index >= 15 is 0 Å². The summed E-state index contributed by atoms with van der Waals surface area (Å²) in [5, 5.41) is 0. The number of fused-ring (bicyclic) bond motifs is 3. The summed E-state index contributed by atoms with van der Waals surface area (Å²) in [4.78, 5) is 4.84. The Morgan fingerprint density at radius 3 is 2.62 bits per heavy atom. The van der Waals surface area contributed by atoms with Crippen molar-refractivity contribution in [3.63, 3.8) is 0 Å². The van der Waals surface area contributed by atoms with Crippen molar-refractivity contribution in [3.8, 4) is 0 Å². The molecule has 4 rings (SSSR count). The van der Waals surface area contributed by atoms with Gasteiger partial charge in [0.1, 0.15) is 0 Å². The molecule has 0 unspecified atom stereocenters. The molecule has 104 valence electrons. The lowest BCUT2D eigenvalue weighted by atomic mass is 10.1. The molecular weight excluding hydrogens is 258 g/mol. The number of aromatic nitrogens is 3. The number of rotatable bonds is 2. The summed E-state index contributed by atoms with van der Waals surface area (Å²) in [5.41, 5.74) is 6.08. The van der Waals surface area contributed by atoms with Crippen molar-refractivity contribution in [1.29, 1.82) is 0 Å². The zero-order valence-corrected chi connectivity index (χ0v) is 12.2. The van der Waals surface area contributed by atoms with Crippen molar-refractivity contribution < 1.29 is 0 Å². The first-order valence-corrected chi connectivity index (χ1v) is 7.20. The molecule has 2 aromatic heterocycles. The zero-order chi connectivity index (χ0) is 14.4. The van der Waals surface area contributed by atoms with Gasteiger partial charge in [0.2, 0.25) is 5.78 Å². The first-order chi connectivity index (χ1) is 10.2. The molecule has 0 aliphatic heterocycles. The van der Waals surface area contributed by atoms with Gasteiger partial charge in [-0.15, -0.1) is 0 Å². The lowest BCUT2D eigenvalue weighted by Gasteiger charge is -2.02. The molecule has 3 heteroatoms. The highest BCUT2D eigenvalue weighted by molar-refractivity contribution is 5.83. The van der Waals surface area contributed by atoms with E-state index in [4.69, 9.17) is 4.98 Å². The van der Waals surface area contributed by atoms with E-state index in [1.54, 1.807) is 0 Å². The molecule has 0 fully saturated rings. The quantitative estimate of drug-likeness (QED) is 0.543. The Morgan fingerprint density at radius 1 is 1.00 bits per heavy atom. The normalized spacial score (nSPS) is 11.5. The zero-order valence-electron chi connectivity index (χ0n) is 12.2. The predicted molar refractivity (Wildman–Crippen MR) is 85.7 cm³/mol. The molecule has 2 aromatic carbocycles. The number of hydrogen-bond donors (Lipinski definition) is 0. The third kappa shape index (κ3) is 1.93. The minimum atomic E-state index is 0.846. The van der Waals surface area contributed by atoms with E-state index in [1.807, 2.05) is 6.07 Å². The second-order valence-corrected chi connectivity index (χ2v) is 5.64. The van der Waals surface area contributed by atoms with Crippen molar-refractivity contribution in [1.82, 2.24) is 14.0 Å². The van der Waals surface area contributed by atoms with Crippen LogP contribution in [0.5, 0.6) is 0 Å². The molecule has 0 N–H and O–H groups in total. The largest absolute Gasteiger partial charge is 0.312 e. The summed E-state index contributed by atoms with van der Waals surface area (Å²) < 4.78 is 4.38. The maximum atomic E-state index is 4.84. The van der Waals surface area contributed by atoms with Gasteiger partial charge in [-0.25, -0.2) is 4.98 Å². The summed E-state index contributed by atoms with van der Waals surface area (Å²) in [6.45, 7) is 5.11. The monoisotopic (exact) mass is 275 g/mol. The van der Waals surface area contributed by atoms with Crippen LogP contribution >= 0.6 is 0 Å².